The van der Waals surface area contributed by atoms with Crippen LogP contribution in [-0.2, 0) is 11.2 Å². The summed E-state index contributed by atoms with van der Waals surface area (Å²) in [7, 11) is 0. The number of nitrogens with one attached hydrogen (secondary N) is 1. The molecule has 1 unspecified atom stereocenters. The van der Waals surface area contributed by atoms with E-state index in [1.807, 2.05) is 25.7 Å². The smallest absolute Gasteiger partial charge is 0.227 e. The van der Waals surface area contributed by atoms with Gasteiger partial charge in [0.05, 0.1) is 18.2 Å². The number of carbonyl (C=O) groups is 1. The summed E-state index contributed by atoms with van der Waals surface area (Å²) in [5.41, 5.74) is 2.90. The van der Waals surface area contributed by atoms with Gasteiger partial charge in [-0.15, -0.1) is 0 Å². The number of aliphatic hydroxyl groups excluding tert-OH is 1. The Balaban J connectivity index is 1.92. The first kappa shape index (κ1) is 14.1. The number of hydrogen-bond donors (Lipinski definition) is 2. The number of amides is 1. The number of aryl methyl sites for hydroxylation is 2. The van der Waals surface area contributed by atoms with Crippen molar-refractivity contribution < 1.29 is 9.90 Å². The maximum atomic E-state index is 12.3. The van der Waals surface area contributed by atoms with Gasteiger partial charge < -0.3 is 10.0 Å². The first-order chi connectivity index (χ1) is 8.99. The van der Waals surface area contributed by atoms with Crippen LogP contribution < -0.4 is 0 Å². The zero-order valence-electron chi connectivity index (χ0n) is 11.9. The monoisotopic (exact) mass is 265 g/mol. The van der Waals surface area contributed by atoms with Crippen LogP contribution in [-0.4, -0.2) is 45.3 Å². The molecule has 2 N–H and O–H groups in total. The van der Waals surface area contributed by atoms with Crippen molar-refractivity contribution >= 4 is 5.91 Å². The molecule has 5 nitrogen and oxygen atoms in total. The largest absolute Gasteiger partial charge is 0.393 e. The highest BCUT2D eigenvalue weighted by Crippen LogP contribution is 2.21. The van der Waals surface area contributed by atoms with Crippen LogP contribution in [0, 0.1) is 19.8 Å². The Morgan fingerprint density at radius 3 is 2.58 bits per heavy atom. The van der Waals surface area contributed by atoms with Crippen LogP contribution in [0.3, 0.4) is 0 Å². The Morgan fingerprint density at radius 1 is 1.47 bits per heavy atom. The number of piperidine rings is 1. The molecule has 2 heterocycles. The van der Waals surface area contributed by atoms with Gasteiger partial charge in [0.1, 0.15) is 0 Å². The van der Waals surface area contributed by atoms with Crippen LogP contribution in [0.4, 0.5) is 0 Å². The molecule has 19 heavy (non-hydrogen) atoms. The van der Waals surface area contributed by atoms with E-state index in [0.717, 1.165) is 42.9 Å². The lowest BCUT2D eigenvalue weighted by molar-refractivity contribution is -0.132. The average molecular weight is 265 g/mol. The van der Waals surface area contributed by atoms with Gasteiger partial charge in [-0.2, -0.15) is 5.10 Å². The summed E-state index contributed by atoms with van der Waals surface area (Å²) >= 11 is 0. The lowest BCUT2D eigenvalue weighted by Gasteiger charge is -2.33. The number of likely N-dealkylation sites (tertiary alicyclic amines) is 1. The van der Waals surface area contributed by atoms with E-state index in [4.69, 9.17) is 0 Å². The molecular formula is C14H23N3O2. The number of aliphatic hydroxyl groups is 1. The minimum absolute atomic E-state index is 0.164. The van der Waals surface area contributed by atoms with E-state index in [1.54, 1.807) is 0 Å². The molecule has 0 saturated carbocycles. The molecule has 5 heteroatoms. The van der Waals surface area contributed by atoms with Gasteiger partial charge in [-0.1, -0.05) is 0 Å². The molecule has 1 aliphatic rings. The SMILES string of the molecule is Cc1n[nH]c(C)c1CC(=O)N1CCC(C(C)O)CC1. The zero-order valence-corrected chi connectivity index (χ0v) is 11.9. The van der Waals surface area contributed by atoms with Crippen molar-refractivity contribution in [2.45, 2.75) is 46.1 Å². The van der Waals surface area contributed by atoms with Gasteiger partial charge in [-0.25, -0.2) is 0 Å². The molecule has 0 spiro atoms. The number of rotatable bonds is 3. The molecule has 0 bridgehead atoms. The van der Waals surface area contributed by atoms with Gasteiger partial charge in [0.2, 0.25) is 5.91 Å². The maximum Gasteiger partial charge on any atom is 0.227 e. The molecule has 0 aliphatic carbocycles. The Bertz CT molecular complexity index is 426. The molecule has 1 saturated heterocycles. The number of H-pyrrole nitrogens is 1. The Hall–Kier alpha value is -1.36. The van der Waals surface area contributed by atoms with Crippen molar-refractivity contribution in [2.24, 2.45) is 5.92 Å². The third-order valence-corrected chi connectivity index (χ3v) is 4.18. The fourth-order valence-corrected chi connectivity index (χ4v) is 2.73. The molecule has 0 radical (unpaired) electrons. The molecule has 2 rings (SSSR count). The second kappa shape index (κ2) is 5.74. The van der Waals surface area contributed by atoms with Gasteiger partial charge in [0.15, 0.2) is 0 Å². The van der Waals surface area contributed by atoms with Gasteiger partial charge >= 0.3 is 0 Å². The summed E-state index contributed by atoms with van der Waals surface area (Å²) in [4.78, 5) is 14.2. The lowest BCUT2D eigenvalue weighted by Crippen LogP contribution is -2.41. The van der Waals surface area contributed by atoms with E-state index in [0.29, 0.717) is 12.3 Å². The topological polar surface area (TPSA) is 69.2 Å². The fourth-order valence-electron chi connectivity index (χ4n) is 2.73. The quantitative estimate of drug-likeness (QED) is 0.862. The Labute approximate surface area is 114 Å². The van der Waals surface area contributed by atoms with Crippen molar-refractivity contribution in [2.75, 3.05) is 13.1 Å². The molecule has 1 aromatic heterocycles. The van der Waals surface area contributed by atoms with Crippen LogP contribution in [0.15, 0.2) is 0 Å². The first-order valence-corrected chi connectivity index (χ1v) is 6.95. The van der Waals surface area contributed by atoms with Crippen molar-refractivity contribution in [3.8, 4) is 0 Å². The summed E-state index contributed by atoms with van der Waals surface area (Å²) in [6.07, 6.45) is 1.95. The molecule has 106 valence electrons. The molecule has 1 aliphatic heterocycles. The normalized spacial score (nSPS) is 18.6. The fraction of sp³-hybridized carbons (Fsp3) is 0.714. The van der Waals surface area contributed by atoms with Gasteiger partial charge in [-0.05, 0) is 39.5 Å². The number of aromatic amines is 1. The Morgan fingerprint density at radius 2 is 2.11 bits per heavy atom. The second-order valence-electron chi connectivity index (χ2n) is 5.55. The number of aromatic nitrogens is 2. The maximum absolute atomic E-state index is 12.3. The highest BCUT2D eigenvalue weighted by molar-refractivity contribution is 5.79. The van der Waals surface area contributed by atoms with Crippen molar-refractivity contribution in [3.63, 3.8) is 0 Å². The van der Waals surface area contributed by atoms with E-state index in [1.165, 1.54) is 0 Å². The molecule has 1 amide bonds. The van der Waals surface area contributed by atoms with E-state index in [-0.39, 0.29) is 12.0 Å². The van der Waals surface area contributed by atoms with Crippen LogP contribution in [0.1, 0.15) is 36.7 Å². The van der Waals surface area contributed by atoms with Crippen molar-refractivity contribution in [1.82, 2.24) is 15.1 Å². The Kier molecular flexibility index (Phi) is 4.24. The van der Waals surface area contributed by atoms with E-state index < -0.39 is 0 Å². The van der Waals surface area contributed by atoms with Crippen LogP contribution in [0.5, 0.6) is 0 Å². The zero-order chi connectivity index (χ0) is 14.0. The highest BCUT2D eigenvalue weighted by Gasteiger charge is 2.26. The average Bonchev–Trinajstić information content (AvgIpc) is 2.70. The molecule has 1 fully saturated rings. The summed E-state index contributed by atoms with van der Waals surface area (Å²) in [5.74, 6) is 0.498. The highest BCUT2D eigenvalue weighted by atomic mass is 16.3. The predicted molar refractivity (Wildman–Crippen MR) is 72.8 cm³/mol. The van der Waals surface area contributed by atoms with Crippen LogP contribution in [0.2, 0.25) is 0 Å². The second-order valence-corrected chi connectivity index (χ2v) is 5.55. The predicted octanol–water partition coefficient (Wildman–Crippen LogP) is 1.19. The lowest BCUT2D eigenvalue weighted by atomic mass is 9.92. The molecule has 1 aromatic rings. The van der Waals surface area contributed by atoms with Crippen LogP contribution >= 0.6 is 0 Å². The number of hydrogen-bond acceptors (Lipinski definition) is 3. The first-order valence-electron chi connectivity index (χ1n) is 6.95. The standard InChI is InChI=1S/C14H23N3O2/c1-9-13(10(2)16-15-9)8-14(19)17-6-4-12(5-7-17)11(3)18/h11-12,18H,4-8H2,1-3H3,(H,15,16). The van der Waals surface area contributed by atoms with E-state index in [2.05, 4.69) is 10.2 Å². The van der Waals surface area contributed by atoms with E-state index >= 15 is 0 Å². The number of nitrogens with zero attached hydrogens (tertiary/aromatic N) is 2. The van der Waals surface area contributed by atoms with Gasteiger partial charge in [0, 0.05) is 24.3 Å². The summed E-state index contributed by atoms with van der Waals surface area (Å²) < 4.78 is 0. The van der Waals surface area contributed by atoms with Gasteiger partial charge in [-0.3, -0.25) is 9.89 Å². The van der Waals surface area contributed by atoms with Crippen molar-refractivity contribution in [3.05, 3.63) is 17.0 Å². The minimum Gasteiger partial charge on any atom is -0.393 e. The summed E-state index contributed by atoms with van der Waals surface area (Å²) in [5, 5.41) is 16.6. The third kappa shape index (κ3) is 3.15. The molecule has 1 atom stereocenters. The number of carbonyl (C=O) groups excluding carboxylic acids is 1. The summed E-state index contributed by atoms with van der Waals surface area (Å²) in [6, 6.07) is 0. The van der Waals surface area contributed by atoms with Crippen LogP contribution in [0.25, 0.3) is 0 Å². The summed E-state index contributed by atoms with van der Waals surface area (Å²) in [6.45, 7) is 7.21. The molecular weight excluding hydrogens is 242 g/mol. The van der Waals surface area contributed by atoms with Gasteiger partial charge in [0.25, 0.3) is 0 Å². The van der Waals surface area contributed by atoms with Crippen molar-refractivity contribution in [1.29, 1.82) is 0 Å². The molecule has 0 aromatic carbocycles. The minimum atomic E-state index is -0.268. The third-order valence-electron chi connectivity index (χ3n) is 4.18. The van der Waals surface area contributed by atoms with E-state index in [9.17, 15) is 9.90 Å².